The van der Waals surface area contributed by atoms with Crippen LogP contribution in [0.5, 0.6) is 0 Å². The molecule has 2 N–H and O–H groups in total. The van der Waals surface area contributed by atoms with Gasteiger partial charge in [0.2, 0.25) is 5.91 Å². The van der Waals surface area contributed by atoms with Gasteiger partial charge in [-0.25, -0.2) is 9.78 Å². The number of rotatable bonds is 2. The van der Waals surface area contributed by atoms with Crippen LogP contribution < -0.4 is 10.2 Å². The summed E-state index contributed by atoms with van der Waals surface area (Å²) in [7, 11) is 0. The number of nitrogens with zero attached hydrogens (tertiary/aromatic N) is 2. The number of carbonyl (C=O) groups is 2. The minimum atomic E-state index is -0.980. The zero-order valence-corrected chi connectivity index (χ0v) is 8.67. The largest absolute Gasteiger partial charge is 0.480 e. The fourth-order valence-electron chi connectivity index (χ4n) is 1.60. The summed E-state index contributed by atoms with van der Waals surface area (Å²) in [5.74, 6) is -0.711. The molecule has 1 aliphatic rings. The third kappa shape index (κ3) is 1.69. The quantitative estimate of drug-likeness (QED) is 0.751. The summed E-state index contributed by atoms with van der Waals surface area (Å²) in [4.78, 5) is 27.9. The monoisotopic (exact) mass is 221 g/mol. The number of hydrogen-bond acceptors (Lipinski definition) is 4. The van der Waals surface area contributed by atoms with Crippen molar-refractivity contribution in [3.8, 4) is 0 Å². The third-order valence-corrected chi connectivity index (χ3v) is 2.47. The molecule has 2 heterocycles. The second-order valence-corrected chi connectivity index (χ2v) is 3.56. The minimum Gasteiger partial charge on any atom is -0.480 e. The molecule has 84 valence electrons. The maximum Gasteiger partial charge on any atom is 0.326 e. The first kappa shape index (κ1) is 10.4. The highest BCUT2D eigenvalue weighted by molar-refractivity contribution is 6.01. The Kier molecular flexibility index (Phi) is 2.47. The first-order valence-corrected chi connectivity index (χ1v) is 4.84. The Morgan fingerprint density at radius 3 is 3.12 bits per heavy atom. The molecule has 16 heavy (non-hydrogen) atoms. The van der Waals surface area contributed by atoms with Gasteiger partial charge < -0.3 is 15.3 Å². The maximum absolute atomic E-state index is 11.4. The number of hydrogen-bond donors (Lipinski definition) is 2. The van der Waals surface area contributed by atoms with Crippen molar-refractivity contribution in [3.63, 3.8) is 0 Å². The van der Waals surface area contributed by atoms with Gasteiger partial charge in [0.05, 0.1) is 12.2 Å². The van der Waals surface area contributed by atoms with Crippen LogP contribution >= 0.6 is 0 Å². The molecule has 0 aromatic carbocycles. The van der Waals surface area contributed by atoms with Crippen molar-refractivity contribution in [2.75, 3.05) is 16.8 Å². The van der Waals surface area contributed by atoms with Crippen molar-refractivity contribution < 1.29 is 14.7 Å². The van der Waals surface area contributed by atoms with Gasteiger partial charge in [0.1, 0.15) is 6.04 Å². The Hall–Kier alpha value is -2.11. The molecule has 0 bridgehead atoms. The lowest BCUT2D eigenvalue weighted by Crippen LogP contribution is -2.47. The molecule has 2 rings (SSSR count). The Morgan fingerprint density at radius 2 is 2.44 bits per heavy atom. The molecular weight excluding hydrogens is 210 g/mol. The molecule has 1 aromatic heterocycles. The van der Waals surface area contributed by atoms with Crippen LogP contribution in [-0.4, -0.2) is 34.6 Å². The van der Waals surface area contributed by atoms with E-state index in [2.05, 4.69) is 10.3 Å². The molecule has 1 aromatic rings. The van der Waals surface area contributed by atoms with E-state index < -0.39 is 12.0 Å². The maximum atomic E-state index is 11.4. The Balaban J connectivity index is 2.41. The highest BCUT2D eigenvalue weighted by atomic mass is 16.4. The Labute approximate surface area is 91.9 Å². The van der Waals surface area contributed by atoms with Crippen molar-refractivity contribution in [3.05, 3.63) is 18.3 Å². The van der Waals surface area contributed by atoms with E-state index in [9.17, 15) is 9.59 Å². The normalized spacial score (nSPS) is 16.3. The Morgan fingerprint density at radius 1 is 1.69 bits per heavy atom. The zero-order chi connectivity index (χ0) is 11.7. The van der Waals surface area contributed by atoms with E-state index in [0.717, 1.165) is 0 Å². The number of nitrogens with one attached hydrogen (secondary N) is 1. The minimum absolute atomic E-state index is 0.0114. The average Bonchev–Trinajstić information content (AvgIpc) is 2.26. The summed E-state index contributed by atoms with van der Waals surface area (Å²) in [6.07, 6.45) is 1.57. The van der Waals surface area contributed by atoms with E-state index >= 15 is 0 Å². The van der Waals surface area contributed by atoms with Crippen molar-refractivity contribution in [1.29, 1.82) is 0 Å². The number of carboxylic acids is 1. The number of pyridine rings is 1. The van der Waals surface area contributed by atoms with Crippen LogP contribution in [0.25, 0.3) is 0 Å². The summed E-state index contributed by atoms with van der Waals surface area (Å²) in [5, 5.41) is 11.6. The number of anilines is 2. The smallest absolute Gasteiger partial charge is 0.326 e. The van der Waals surface area contributed by atoms with Crippen LogP contribution in [0.3, 0.4) is 0 Å². The van der Waals surface area contributed by atoms with Crippen molar-refractivity contribution >= 4 is 23.4 Å². The first-order valence-electron chi connectivity index (χ1n) is 4.84. The second kappa shape index (κ2) is 3.80. The molecule has 0 fully saturated rings. The number of fused-ring (bicyclic) bond motifs is 1. The van der Waals surface area contributed by atoms with Gasteiger partial charge in [-0.05, 0) is 19.1 Å². The number of carbonyl (C=O) groups excluding carboxylic acids is 1. The number of carboxylic acid groups (broad SMARTS) is 1. The fraction of sp³-hybridized carbons (Fsp3) is 0.300. The van der Waals surface area contributed by atoms with Gasteiger partial charge in [0, 0.05) is 6.20 Å². The van der Waals surface area contributed by atoms with E-state index in [1.807, 2.05) is 0 Å². The van der Waals surface area contributed by atoms with E-state index in [4.69, 9.17) is 5.11 Å². The molecule has 6 heteroatoms. The molecule has 0 radical (unpaired) electrons. The highest BCUT2D eigenvalue weighted by Gasteiger charge is 2.29. The molecule has 6 nitrogen and oxygen atoms in total. The van der Waals surface area contributed by atoms with Gasteiger partial charge in [-0.3, -0.25) is 4.79 Å². The van der Waals surface area contributed by atoms with Crippen molar-refractivity contribution in [1.82, 2.24) is 4.98 Å². The number of aliphatic carboxylic acids is 1. The van der Waals surface area contributed by atoms with Crippen LogP contribution in [0.15, 0.2) is 18.3 Å². The van der Waals surface area contributed by atoms with Gasteiger partial charge in [0.15, 0.2) is 5.82 Å². The van der Waals surface area contributed by atoms with E-state index in [0.29, 0.717) is 11.5 Å². The van der Waals surface area contributed by atoms with E-state index in [-0.39, 0.29) is 12.5 Å². The first-order chi connectivity index (χ1) is 7.59. The zero-order valence-electron chi connectivity index (χ0n) is 8.67. The lowest BCUT2D eigenvalue weighted by atomic mass is 10.2. The van der Waals surface area contributed by atoms with Crippen LogP contribution in [0, 0.1) is 0 Å². The molecule has 0 saturated carbocycles. The van der Waals surface area contributed by atoms with E-state index in [1.54, 1.807) is 18.3 Å². The average molecular weight is 221 g/mol. The number of aromatic nitrogens is 1. The van der Waals surface area contributed by atoms with Gasteiger partial charge in [-0.1, -0.05) is 0 Å². The summed E-state index contributed by atoms with van der Waals surface area (Å²) in [6.45, 7) is 1.54. The van der Waals surface area contributed by atoms with Gasteiger partial charge >= 0.3 is 5.97 Å². The topological polar surface area (TPSA) is 82.5 Å². The molecule has 1 unspecified atom stereocenters. The summed E-state index contributed by atoms with van der Waals surface area (Å²) in [6, 6.07) is 2.61. The third-order valence-electron chi connectivity index (χ3n) is 2.47. The highest BCUT2D eigenvalue weighted by Crippen LogP contribution is 2.27. The predicted octanol–water partition coefficient (Wildman–Crippen LogP) is 0.313. The van der Waals surface area contributed by atoms with Gasteiger partial charge in [-0.15, -0.1) is 0 Å². The molecule has 1 atom stereocenters. The van der Waals surface area contributed by atoms with Crippen molar-refractivity contribution in [2.24, 2.45) is 0 Å². The standard InChI is InChI=1S/C10H11N3O3/c1-6(10(15)16)13-5-8(14)12-7-3-2-4-11-9(7)13/h2-4,6H,5H2,1H3,(H,12,14)(H,15,16). The van der Waals surface area contributed by atoms with Gasteiger partial charge in [0.25, 0.3) is 0 Å². The molecule has 0 saturated heterocycles. The molecule has 0 aliphatic carbocycles. The predicted molar refractivity (Wildman–Crippen MR) is 57.3 cm³/mol. The summed E-state index contributed by atoms with van der Waals surface area (Å²) in [5.41, 5.74) is 0.548. The molecule has 1 amide bonds. The summed E-state index contributed by atoms with van der Waals surface area (Å²) < 4.78 is 0. The van der Waals surface area contributed by atoms with Gasteiger partial charge in [-0.2, -0.15) is 0 Å². The van der Waals surface area contributed by atoms with Crippen molar-refractivity contribution in [2.45, 2.75) is 13.0 Å². The number of amides is 1. The van der Waals surface area contributed by atoms with Crippen LogP contribution in [0.1, 0.15) is 6.92 Å². The molecular formula is C10H11N3O3. The van der Waals surface area contributed by atoms with Crippen LogP contribution in [0.2, 0.25) is 0 Å². The lowest BCUT2D eigenvalue weighted by Gasteiger charge is -2.32. The summed E-state index contributed by atoms with van der Waals surface area (Å²) >= 11 is 0. The van der Waals surface area contributed by atoms with Crippen LogP contribution in [-0.2, 0) is 9.59 Å². The lowest BCUT2D eigenvalue weighted by molar-refractivity contribution is -0.138. The molecule has 0 spiro atoms. The molecule has 1 aliphatic heterocycles. The second-order valence-electron chi connectivity index (χ2n) is 3.56. The SMILES string of the molecule is CC(C(=O)O)N1CC(=O)Nc2cccnc21. The van der Waals surface area contributed by atoms with Crippen LogP contribution in [0.4, 0.5) is 11.5 Å². The van der Waals surface area contributed by atoms with E-state index in [1.165, 1.54) is 11.8 Å². The Bertz CT molecular complexity index is 447. The fourth-order valence-corrected chi connectivity index (χ4v) is 1.60.